The van der Waals surface area contributed by atoms with Gasteiger partial charge in [-0.1, -0.05) is 23.8 Å². The van der Waals surface area contributed by atoms with E-state index < -0.39 is 16.7 Å². The van der Waals surface area contributed by atoms with E-state index in [0.717, 1.165) is 12.3 Å². The van der Waals surface area contributed by atoms with Crippen LogP contribution in [-0.4, -0.2) is 15.0 Å². The number of phenols is 1. The van der Waals surface area contributed by atoms with Crippen LogP contribution in [0.3, 0.4) is 0 Å². The lowest BCUT2D eigenvalue weighted by Crippen LogP contribution is -2.05. The molecule has 0 aliphatic rings. The highest BCUT2D eigenvalue weighted by molar-refractivity contribution is 7.71. The van der Waals surface area contributed by atoms with Crippen LogP contribution in [0.1, 0.15) is 5.56 Å². The van der Waals surface area contributed by atoms with E-state index in [2.05, 4.69) is 17.2 Å². The van der Waals surface area contributed by atoms with E-state index >= 15 is 0 Å². The number of nitrogens with one attached hydrogen (secondary N) is 1. The third-order valence-electron chi connectivity index (χ3n) is 2.25. The van der Waals surface area contributed by atoms with E-state index in [0.29, 0.717) is 0 Å². The number of nitro groups is 1. The first-order valence-corrected chi connectivity index (χ1v) is 6.28. The van der Waals surface area contributed by atoms with Crippen molar-refractivity contribution in [1.82, 2.24) is 4.98 Å². The molecule has 1 aromatic carbocycles. The quantitative estimate of drug-likeness (QED) is 0.442. The van der Waals surface area contributed by atoms with Crippen LogP contribution in [-0.2, 0) is 6.18 Å². The van der Waals surface area contributed by atoms with Gasteiger partial charge in [-0.05, 0) is 18.2 Å². The van der Waals surface area contributed by atoms with E-state index in [1.807, 2.05) is 0 Å². The molecule has 1 aromatic heterocycles. The maximum Gasteiger partial charge on any atom is 0.417 e. The average Bonchev–Trinajstić information content (AvgIpc) is 2.42. The predicted octanol–water partition coefficient (Wildman–Crippen LogP) is 4.72. The molecule has 10 heteroatoms. The Labute approximate surface area is 132 Å². The summed E-state index contributed by atoms with van der Waals surface area (Å²) in [6.45, 7) is 0. The molecule has 0 unspecified atom stereocenters. The minimum absolute atomic E-state index is 0.0159. The normalized spacial score (nSPS) is 10.5. The highest BCUT2D eigenvalue weighted by Crippen LogP contribution is 2.30. The molecule has 1 heterocycles. The number of aromatic amines is 1. The van der Waals surface area contributed by atoms with Crippen LogP contribution >= 0.6 is 23.8 Å². The van der Waals surface area contributed by atoms with Crippen LogP contribution in [0.2, 0.25) is 5.02 Å². The Morgan fingerprint density at radius 3 is 2.23 bits per heavy atom. The number of aromatic nitrogens is 1. The first kappa shape index (κ1) is 17.9. The summed E-state index contributed by atoms with van der Waals surface area (Å²) in [7, 11) is 0. The van der Waals surface area contributed by atoms with Gasteiger partial charge in [-0.25, -0.2) is 0 Å². The highest BCUT2D eigenvalue weighted by atomic mass is 35.5. The molecule has 118 valence electrons. The second-order valence-electron chi connectivity index (χ2n) is 3.84. The van der Waals surface area contributed by atoms with Crippen molar-refractivity contribution in [2.24, 2.45) is 0 Å². The molecule has 0 saturated carbocycles. The second kappa shape index (κ2) is 7.23. The molecule has 0 atom stereocenters. The molecule has 0 aliphatic heterocycles. The molecular formula is C12H8ClF3N2O3S. The number of hydrogen-bond acceptors (Lipinski definition) is 4. The maximum atomic E-state index is 12.0. The van der Waals surface area contributed by atoms with Gasteiger partial charge < -0.3 is 10.1 Å². The molecule has 2 aromatic rings. The number of H-pyrrole nitrogens is 1. The zero-order valence-corrected chi connectivity index (χ0v) is 12.2. The molecule has 0 bridgehead atoms. The lowest BCUT2D eigenvalue weighted by molar-refractivity contribution is -0.384. The van der Waals surface area contributed by atoms with Gasteiger partial charge in [0.25, 0.3) is 5.69 Å². The van der Waals surface area contributed by atoms with Gasteiger partial charge in [0.1, 0.15) is 10.4 Å². The SMILES string of the molecule is FC(F)(F)c1c[nH]c(=S)c(Cl)c1.O=[N+]([O-])c1ccc(O)cc1. The lowest BCUT2D eigenvalue weighted by atomic mass is 10.3. The minimum atomic E-state index is -4.39. The first-order valence-electron chi connectivity index (χ1n) is 5.50. The van der Waals surface area contributed by atoms with Crippen molar-refractivity contribution in [3.8, 4) is 5.75 Å². The Bertz CT molecular complexity index is 717. The fourth-order valence-electron chi connectivity index (χ4n) is 1.19. The van der Waals surface area contributed by atoms with Crippen LogP contribution in [0.25, 0.3) is 0 Å². The molecule has 2 N–H and O–H groups in total. The van der Waals surface area contributed by atoms with Crippen molar-refractivity contribution in [1.29, 1.82) is 0 Å². The van der Waals surface area contributed by atoms with Gasteiger partial charge in [0.05, 0.1) is 15.5 Å². The van der Waals surface area contributed by atoms with Crippen molar-refractivity contribution in [3.63, 3.8) is 0 Å². The van der Waals surface area contributed by atoms with E-state index in [1.54, 1.807) is 0 Å². The van der Waals surface area contributed by atoms with Gasteiger partial charge >= 0.3 is 6.18 Å². The fraction of sp³-hybridized carbons (Fsp3) is 0.0833. The molecule has 5 nitrogen and oxygen atoms in total. The minimum Gasteiger partial charge on any atom is -0.508 e. The van der Waals surface area contributed by atoms with Gasteiger partial charge in [-0.2, -0.15) is 13.2 Å². The molecule has 0 radical (unpaired) electrons. The van der Waals surface area contributed by atoms with E-state index in [-0.39, 0.29) is 21.1 Å². The summed E-state index contributed by atoms with van der Waals surface area (Å²) in [6, 6.07) is 5.83. The lowest BCUT2D eigenvalue weighted by Gasteiger charge is -2.05. The number of alkyl halides is 3. The molecule has 0 amide bonds. The number of non-ortho nitro benzene ring substituents is 1. The first-order chi connectivity index (χ1) is 10.1. The molecule has 22 heavy (non-hydrogen) atoms. The molecule has 0 aliphatic carbocycles. The number of nitro benzene ring substituents is 1. The third kappa shape index (κ3) is 5.34. The van der Waals surface area contributed by atoms with E-state index in [1.165, 1.54) is 24.3 Å². The topological polar surface area (TPSA) is 79.2 Å². The van der Waals surface area contributed by atoms with Crippen LogP contribution in [0.5, 0.6) is 5.75 Å². The van der Waals surface area contributed by atoms with Gasteiger partial charge in [0, 0.05) is 18.3 Å². The number of halogens is 4. The highest BCUT2D eigenvalue weighted by Gasteiger charge is 2.30. The Morgan fingerprint density at radius 2 is 1.82 bits per heavy atom. The Morgan fingerprint density at radius 1 is 1.27 bits per heavy atom. The maximum absolute atomic E-state index is 12.0. The van der Waals surface area contributed by atoms with Gasteiger partial charge in [-0.15, -0.1) is 0 Å². The van der Waals surface area contributed by atoms with E-state index in [9.17, 15) is 23.3 Å². The van der Waals surface area contributed by atoms with Crippen molar-refractivity contribution >= 4 is 29.5 Å². The summed E-state index contributed by atoms with van der Waals surface area (Å²) in [6.07, 6.45) is -3.60. The van der Waals surface area contributed by atoms with Crippen molar-refractivity contribution in [3.05, 3.63) is 61.9 Å². The number of phenolic OH excluding ortho intramolecular Hbond substituents is 1. The zero-order chi connectivity index (χ0) is 16.9. The molecule has 0 fully saturated rings. The average molecular weight is 353 g/mol. The standard InChI is InChI=1S/C6H3ClF3NS.C6H5NO3/c7-4-1-3(6(8,9)10)2-11-5(4)12;8-6-3-1-5(2-4-6)7(9)10/h1-2H,(H,11,12);1-4,8H. The van der Waals surface area contributed by atoms with Crippen molar-refractivity contribution in [2.75, 3.05) is 0 Å². The molecule has 0 saturated heterocycles. The number of rotatable bonds is 1. The van der Waals surface area contributed by atoms with Gasteiger partial charge in [0.15, 0.2) is 0 Å². The summed E-state index contributed by atoms with van der Waals surface area (Å²) < 4.78 is 36.1. The summed E-state index contributed by atoms with van der Waals surface area (Å²) in [4.78, 5) is 11.8. The number of pyridine rings is 1. The van der Waals surface area contributed by atoms with Gasteiger partial charge in [-0.3, -0.25) is 10.1 Å². The van der Waals surface area contributed by atoms with Crippen LogP contribution in [0.4, 0.5) is 18.9 Å². The number of benzene rings is 1. The van der Waals surface area contributed by atoms with E-state index in [4.69, 9.17) is 16.7 Å². The Balaban J connectivity index is 0.000000224. The number of hydrogen-bond donors (Lipinski definition) is 2. The molecule has 2 rings (SSSR count). The summed E-state index contributed by atoms with van der Waals surface area (Å²) in [5.74, 6) is 0.0330. The largest absolute Gasteiger partial charge is 0.508 e. The zero-order valence-electron chi connectivity index (χ0n) is 10.6. The molecule has 0 spiro atoms. The number of nitrogens with zero attached hydrogens (tertiary/aromatic N) is 1. The van der Waals surface area contributed by atoms with Crippen LogP contribution in [0, 0.1) is 14.8 Å². The summed E-state index contributed by atoms with van der Waals surface area (Å²) in [5.41, 5.74) is -0.848. The van der Waals surface area contributed by atoms with Crippen molar-refractivity contribution < 1.29 is 23.2 Å². The second-order valence-corrected chi connectivity index (χ2v) is 4.65. The predicted molar refractivity (Wildman–Crippen MR) is 76.4 cm³/mol. The molecular weight excluding hydrogens is 345 g/mol. The van der Waals surface area contributed by atoms with Gasteiger partial charge in [0.2, 0.25) is 0 Å². The summed E-state index contributed by atoms with van der Waals surface area (Å²) >= 11 is 9.97. The smallest absolute Gasteiger partial charge is 0.417 e. The van der Waals surface area contributed by atoms with Crippen LogP contribution < -0.4 is 0 Å². The fourth-order valence-corrected chi connectivity index (χ4v) is 1.48. The Hall–Kier alpha value is -2.13. The van der Waals surface area contributed by atoms with Crippen molar-refractivity contribution in [2.45, 2.75) is 6.18 Å². The number of aromatic hydroxyl groups is 1. The Kier molecular flexibility index (Phi) is 5.89. The summed E-state index contributed by atoms with van der Waals surface area (Å²) in [5, 5.41) is 18.7. The van der Waals surface area contributed by atoms with Crippen LogP contribution in [0.15, 0.2) is 36.5 Å². The third-order valence-corrected chi connectivity index (χ3v) is 2.99. The monoisotopic (exact) mass is 352 g/mol.